The fourth-order valence-corrected chi connectivity index (χ4v) is 3.10. The Bertz CT molecular complexity index is 893. The van der Waals surface area contributed by atoms with Crippen LogP contribution in [0.5, 0.6) is 5.88 Å². The predicted octanol–water partition coefficient (Wildman–Crippen LogP) is 3.92. The number of fused-ring (bicyclic) bond motifs is 3. The van der Waals surface area contributed by atoms with Crippen molar-refractivity contribution >= 4 is 33.4 Å². The Kier molecular flexibility index (Phi) is 4.07. The van der Waals surface area contributed by atoms with E-state index in [1.807, 2.05) is 36.6 Å². The van der Waals surface area contributed by atoms with Crippen LogP contribution in [0.1, 0.15) is 11.8 Å². The number of nitrogens with zero attached hydrogens (tertiary/aromatic N) is 4. The molecule has 24 heavy (non-hydrogen) atoms. The first-order valence-corrected chi connectivity index (χ1v) is 9.18. The minimum absolute atomic E-state index is 0.388. The Hall–Kier alpha value is -2.19. The lowest BCUT2D eigenvalue weighted by Gasteiger charge is -2.19. The molecule has 6 nitrogen and oxygen atoms in total. The molecule has 0 saturated heterocycles. The smallest absolute Gasteiger partial charge is 0.247 e. The number of hydrogen-bond donors (Lipinski definition) is 1. The second kappa shape index (κ2) is 6.37. The topological polar surface area (TPSA) is 72.8 Å². The van der Waals surface area contributed by atoms with Gasteiger partial charge in [-0.25, -0.2) is 0 Å². The minimum Gasteiger partial charge on any atom is -0.448 e. The molecule has 0 bridgehead atoms. The second-order valence-corrected chi connectivity index (χ2v) is 6.75. The summed E-state index contributed by atoms with van der Waals surface area (Å²) in [5.41, 5.74) is 3.37. The fourth-order valence-electron chi connectivity index (χ4n) is 2.45. The highest BCUT2D eigenvalue weighted by molar-refractivity contribution is 9.10. The van der Waals surface area contributed by atoms with Gasteiger partial charge >= 0.3 is 0 Å². The molecule has 0 unspecified atom stereocenters. The van der Waals surface area contributed by atoms with Gasteiger partial charge in [-0.2, -0.15) is 4.98 Å². The number of anilines is 1. The van der Waals surface area contributed by atoms with Crippen LogP contribution in [-0.2, 0) is 0 Å². The maximum Gasteiger partial charge on any atom is 0.247 e. The van der Waals surface area contributed by atoms with Crippen LogP contribution >= 0.6 is 27.7 Å². The predicted molar refractivity (Wildman–Crippen MR) is 96.0 cm³/mol. The summed E-state index contributed by atoms with van der Waals surface area (Å²) in [7, 11) is 0. The highest BCUT2D eigenvalue weighted by atomic mass is 79.9. The van der Waals surface area contributed by atoms with Crippen LogP contribution in [0.2, 0.25) is 0 Å². The van der Waals surface area contributed by atoms with Gasteiger partial charge in [-0.3, -0.25) is 4.98 Å². The molecule has 0 radical (unpaired) electrons. The van der Waals surface area contributed by atoms with Gasteiger partial charge in [0, 0.05) is 33.7 Å². The number of nitrogens with one attached hydrogen (secondary N) is 1. The van der Waals surface area contributed by atoms with Crippen LogP contribution in [0.4, 0.5) is 5.69 Å². The number of thioether (sulfide) groups is 1. The van der Waals surface area contributed by atoms with E-state index < -0.39 is 0 Å². The van der Waals surface area contributed by atoms with Crippen LogP contribution in [-0.4, -0.2) is 26.4 Å². The van der Waals surface area contributed by atoms with Gasteiger partial charge in [0.05, 0.1) is 0 Å². The van der Waals surface area contributed by atoms with Crippen molar-refractivity contribution in [1.29, 1.82) is 0 Å². The summed E-state index contributed by atoms with van der Waals surface area (Å²) in [6.45, 7) is 0. The second-order valence-electron chi connectivity index (χ2n) is 5.06. The van der Waals surface area contributed by atoms with E-state index in [1.165, 1.54) is 11.8 Å². The third-order valence-electron chi connectivity index (χ3n) is 3.58. The first-order valence-electron chi connectivity index (χ1n) is 7.16. The van der Waals surface area contributed by atoms with Crippen LogP contribution in [0.3, 0.4) is 0 Å². The molecule has 0 spiro atoms. The lowest BCUT2D eigenvalue weighted by atomic mass is 10.1. The molecule has 1 atom stereocenters. The zero-order valence-corrected chi connectivity index (χ0v) is 15.0. The quantitative estimate of drug-likeness (QED) is 0.652. The van der Waals surface area contributed by atoms with E-state index in [-0.39, 0.29) is 6.23 Å². The van der Waals surface area contributed by atoms with Crippen LogP contribution in [0.25, 0.3) is 11.3 Å². The summed E-state index contributed by atoms with van der Waals surface area (Å²) in [4.78, 5) is 8.55. The lowest BCUT2D eigenvalue weighted by Crippen LogP contribution is -2.17. The van der Waals surface area contributed by atoms with Crippen molar-refractivity contribution in [3.8, 4) is 17.1 Å². The summed E-state index contributed by atoms with van der Waals surface area (Å²) >= 11 is 4.93. The van der Waals surface area contributed by atoms with Gasteiger partial charge in [0.25, 0.3) is 0 Å². The van der Waals surface area contributed by atoms with Crippen molar-refractivity contribution in [2.75, 3.05) is 11.6 Å². The van der Waals surface area contributed by atoms with Crippen molar-refractivity contribution in [2.45, 2.75) is 11.4 Å². The SMILES string of the molecule is CSc1nnc2c(n1)O[C@H](c1ccncc1)Nc1ccc(Br)cc1-2. The summed E-state index contributed by atoms with van der Waals surface area (Å²) < 4.78 is 7.08. The molecule has 0 saturated carbocycles. The molecule has 1 N–H and O–H groups in total. The zero-order chi connectivity index (χ0) is 16.5. The normalized spacial score (nSPS) is 15.5. The largest absolute Gasteiger partial charge is 0.448 e. The Balaban J connectivity index is 1.89. The van der Waals surface area contributed by atoms with E-state index in [9.17, 15) is 0 Å². The third kappa shape index (κ3) is 2.83. The molecule has 4 rings (SSSR count). The standard InChI is InChI=1S/C16H12BrN5OS/c1-24-16-20-15-13(21-22-16)11-8-10(17)2-3-12(11)19-14(23-15)9-4-6-18-7-5-9/h2-8,14,19H,1H3/t14-/m1/s1. The van der Waals surface area contributed by atoms with E-state index in [0.717, 1.165) is 21.3 Å². The number of rotatable bonds is 2. The molecule has 3 heterocycles. The molecule has 1 aromatic carbocycles. The number of benzene rings is 1. The van der Waals surface area contributed by atoms with Crippen molar-refractivity contribution in [3.63, 3.8) is 0 Å². The van der Waals surface area contributed by atoms with Gasteiger partial charge in [-0.15, -0.1) is 10.2 Å². The minimum atomic E-state index is -0.388. The highest BCUT2D eigenvalue weighted by Gasteiger charge is 2.26. The van der Waals surface area contributed by atoms with E-state index in [1.54, 1.807) is 12.4 Å². The molecule has 1 aliphatic heterocycles. The number of ether oxygens (including phenoxy) is 1. The Morgan fingerprint density at radius 2 is 2.00 bits per heavy atom. The summed E-state index contributed by atoms with van der Waals surface area (Å²) in [6, 6.07) is 9.75. The monoisotopic (exact) mass is 401 g/mol. The van der Waals surface area contributed by atoms with Crippen molar-refractivity contribution in [3.05, 3.63) is 52.8 Å². The lowest BCUT2D eigenvalue weighted by molar-refractivity contribution is 0.225. The first-order chi connectivity index (χ1) is 11.7. The third-order valence-corrected chi connectivity index (χ3v) is 4.61. The van der Waals surface area contributed by atoms with Crippen molar-refractivity contribution in [1.82, 2.24) is 20.2 Å². The van der Waals surface area contributed by atoms with Crippen molar-refractivity contribution in [2.24, 2.45) is 0 Å². The Morgan fingerprint density at radius 3 is 2.79 bits per heavy atom. The maximum absolute atomic E-state index is 6.13. The van der Waals surface area contributed by atoms with Crippen LogP contribution in [0.15, 0.2) is 52.4 Å². The molecular weight excluding hydrogens is 390 g/mol. The molecule has 3 aromatic rings. The first kappa shape index (κ1) is 15.3. The molecule has 8 heteroatoms. The molecular formula is C16H12BrN5OS. The van der Waals surface area contributed by atoms with Gasteiger partial charge in [-0.05, 0) is 36.6 Å². The molecule has 2 aromatic heterocycles. The van der Waals surface area contributed by atoms with Gasteiger partial charge in [0.15, 0.2) is 11.9 Å². The van der Waals surface area contributed by atoms with Gasteiger partial charge < -0.3 is 10.1 Å². The van der Waals surface area contributed by atoms with Crippen LogP contribution in [0, 0.1) is 0 Å². The molecule has 1 aliphatic rings. The Morgan fingerprint density at radius 1 is 1.17 bits per heavy atom. The molecule has 0 amide bonds. The summed E-state index contributed by atoms with van der Waals surface area (Å²) in [5.74, 6) is 0.459. The van der Waals surface area contributed by atoms with E-state index in [2.05, 4.69) is 41.4 Å². The average molecular weight is 402 g/mol. The zero-order valence-electron chi connectivity index (χ0n) is 12.6. The fraction of sp³-hybridized carbons (Fsp3) is 0.125. The van der Waals surface area contributed by atoms with Crippen molar-refractivity contribution < 1.29 is 4.74 Å². The van der Waals surface area contributed by atoms with Gasteiger partial charge in [0.1, 0.15) is 0 Å². The average Bonchev–Trinajstić information content (AvgIpc) is 2.78. The molecule has 0 aliphatic carbocycles. The maximum atomic E-state index is 6.13. The number of hydrogen-bond acceptors (Lipinski definition) is 7. The number of pyridine rings is 1. The highest BCUT2D eigenvalue weighted by Crippen LogP contribution is 2.40. The Labute approximate surface area is 151 Å². The summed E-state index contributed by atoms with van der Waals surface area (Å²) in [5, 5.41) is 12.4. The molecule has 0 fully saturated rings. The number of halogens is 1. The number of aromatic nitrogens is 4. The summed E-state index contributed by atoms with van der Waals surface area (Å²) in [6.07, 6.45) is 4.99. The van der Waals surface area contributed by atoms with Crippen LogP contribution < -0.4 is 10.1 Å². The van der Waals surface area contributed by atoms with E-state index >= 15 is 0 Å². The van der Waals surface area contributed by atoms with E-state index in [0.29, 0.717) is 16.7 Å². The van der Waals surface area contributed by atoms with Gasteiger partial charge in [0.2, 0.25) is 11.0 Å². The molecule has 120 valence electrons. The van der Waals surface area contributed by atoms with E-state index in [4.69, 9.17) is 4.74 Å². The van der Waals surface area contributed by atoms with Gasteiger partial charge in [-0.1, -0.05) is 27.7 Å².